The molecule has 13 heteroatoms. The predicted molar refractivity (Wildman–Crippen MR) is 223 cm³/mol. The first-order valence-corrected chi connectivity index (χ1v) is 20.8. The van der Waals surface area contributed by atoms with Crippen molar-refractivity contribution in [2.75, 3.05) is 28.6 Å². The van der Waals surface area contributed by atoms with Crippen LogP contribution in [0.25, 0.3) is 0 Å². The van der Waals surface area contributed by atoms with Crippen LogP contribution in [-0.2, 0) is 41.2 Å². The van der Waals surface area contributed by atoms with Crippen molar-refractivity contribution in [3.8, 4) is 5.75 Å². The van der Waals surface area contributed by atoms with Crippen LogP contribution in [0.4, 0.5) is 21.9 Å². The molecule has 0 heterocycles. The van der Waals surface area contributed by atoms with Crippen LogP contribution >= 0.6 is 7.82 Å². The Morgan fingerprint density at radius 2 is 1.40 bits per heavy atom. The first kappa shape index (κ1) is 44.6. The maximum atomic E-state index is 13.3. The number of aryl methyl sites for hydroxylation is 1. The zero-order valence-electron chi connectivity index (χ0n) is 33.9. The molecule has 4 aromatic carbocycles. The maximum absolute atomic E-state index is 13.3. The molecule has 12 nitrogen and oxygen atoms in total. The van der Waals surface area contributed by atoms with Gasteiger partial charge in [-0.2, -0.15) is 0 Å². The molecule has 306 valence electrons. The van der Waals surface area contributed by atoms with Crippen molar-refractivity contribution < 1.29 is 42.4 Å². The van der Waals surface area contributed by atoms with E-state index in [9.17, 15) is 23.8 Å². The molecule has 0 saturated heterocycles. The lowest BCUT2D eigenvalue weighted by Crippen LogP contribution is -2.32. The van der Waals surface area contributed by atoms with Gasteiger partial charge in [0.15, 0.2) is 0 Å². The van der Waals surface area contributed by atoms with Gasteiger partial charge in [-0.25, -0.2) is 9.36 Å². The van der Waals surface area contributed by atoms with Crippen LogP contribution < -0.4 is 20.1 Å². The van der Waals surface area contributed by atoms with E-state index in [-0.39, 0.29) is 37.1 Å². The van der Waals surface area contributed by atoms with Crippen LogP contribution in [0.15, 0.2) is 97.1 Å². The van der Waals surface area contributed by atoms with E-state index in [0.29, 0.717) is 40.8 Å². The summed E-state index contributed by atoms with van der Waals surface area (Å²) in [6.45, 7) is 15.6. The Morgan fingerprint density at radius 3 is 2.02 bits per heavy atom. The summed E-state index contributed by atoms with van der Waals surface area (Å²) in [4.78, 5) is 51.5. The Hall–Kier alpha value is -5.16. The summed E-state index contributed by atoms with van der Waals surface area (Å²) in [6, 6.07) is 28.1. The first-order valence-electron chi connectivity index (χ1n) is 19.3. The minimum Gasteiger partial charge on any atom is -0.425 e. The second-order valence-corrected chi connectivity index (χ2v) is 16.3. The summed E-state index contributed by atoms with van der Waals surface area (Å²) < 4.78 is 33.5. The van der Waals surface area contributed by atoms with Gasteiger partial charge in [-0.1, -0.05) is 101 Å². The van der Waals surface area contributed by atoms with Crippen LogP contribution in [0.1, 0.15) is 82.6 Å². The molecule has 2 unspecified atom stereocenters. The summed E-state index contributed by atoms with van der Waals surface area (Å²) in [5.41, 5.74) is 5.41. The molecule has 3 atom stereocenters. The normalized spacial score (nSPS) is 13.3. The molecule has 0 saturated carbocycles. The van der Waals surface area contributed by atoms with Crippen molar-refractivity contribution in [3.63, 3.8) is 0 Å². The quantitative estimate of drug-likeness (QED) is 0.0447. The zero-order chi connectivity index (χ0) is 41.5. The van der Waals surface area contributed by atoms with Gasteiger partial charge in [0.05, 0.1) is 30.8 Å². The number of ether oxygens (including phenoxy) is 2. The van der Waals surface area contributed by atoms with Crippen LogP contribution in [0.3, 0.4) is 0 Å². The van der Waals surface area contributed by atoms with E-state index in [4.69, 9.17) is 18.5 Å². The van der Waals surface area contributed by atoms with E-state index >= 15 is 0 Å². The van der Waals surface area contributed by atoms with E-state index in [1.54, 1.807) is 36.4 Å². The number of carbonyl (C=O) groups excluding carboxylic acids is 3. The lowest BCUT2D eigenvalue weighted by atomic mass is 9.92. The average Bonchev–Trinajstić information content (AvgIpc) is 3.14. The van der Waals surface area contributed by atoms with E-state index in [1.807, 2.05) is 62.4 Å². The number of phosphoric ester groups is 1. The summed E-state index contributed by atoms with van der Waals surface area (Å²) >= 11 is 0. The third-order valence-corrected chi connectivity index (χ3v) is 9.69. The second kappa shape index (κ2) is 21.4. The van der Waals surface area contributed by atoms with Crippen molar-refractivity contribution in [1.82, 2.24) is 0 Å². The molecule has 0 aliphatic rings. The molecule has 0 radical (unpaired) electrons. The van der Waals surface area contributed by atoms with Gasteiger partial charge in [0, 0.05) is 25.7 Å². The van der Waals surface area contributed by atoms with Gasteiger partial charge >= 0.3 is 25.8 Å². The van der Waals surface area contributed by atoms with Crippen LogP contribution in [0, 0.1) is 18.8 Å². The fourth-order valence-electron chi connectivity index (χ4n) is 6.17. The third kappa shape index (κ3) is 15.4. The highest BCUT2D eigenvalue weighted by molar-refractivity contribution is 7.47. The van der Waals surface area contributed by atoms with Crippen molar-refractivity contribution in [1.29, 1.82) is 0 Å². The number of nitrogens with zero attached hydrogens (tertiary/aromatic N) is 1. The largest absolute Gasteiger partial charge is 0.527 e. The van der Waals surface area contributed by atoms with Gasteiger partial charge in [0.2, 0.25) is 6.29 Å². The minimum absolute atomic E-state index is 0.0275. The van der Waals surface area contributed by atoms with E-state index < -0.39 is 26.1 Å². The zero-order valence-corrected chi connectivity index (χ0v) is 34.8. The molecular weight excluding hydrogens is 745 g/mol. The lowest BCUT2D eigenvalue weighted by molar-refractivity contribution is -0.184. The topological polar surface area (TPSA) is 153 Å². The van der Waals surface area contributed by atoms with E-state index in [1.165, 1.54) is 19.1 Å². The van der Waals surface area contributed by atoms with Crippen molar-refractivity contribution in [2.45, 2.75) is 86.5 Å². The molecule has 0 aromatic heterocycles. The van der Waals surface area contributed by atoms with Crippen molar-refractivity contribution in [2.24, 2.45) is 11.8 Å². The molecule has 3 N–H and O–H groups in total. The smallest absolute Gasteiger partial charge is 0.425 e. The molecule has 0 aliphatic carbocycles. The van der Waals surface area contributed by atoms with Gasteiger partial charge in [-0.05, 0) is 84.2 Å². The number of amides is 2. The maximum Gasteiger partial charge on any atom is 0.527 e. The summed E-state index contributed by atoms with van der Waals surface area (Å²) in [7, 11) is -4.39. The predicted octanol–water partition coefficient (Wildman–Crippen LogP) is 10.0. The Labute approximate surface area is 336 Å². The third-order valence-electron chi connectivity index (χ3n) is 8.79. The Balaban J connectivity index is 1.35. The summed E-state index contributed by atoms with van der Waals surface area (Å²) in [5.74, 6) is -0.553. The number of anilines is 3. The molecule has 0 bridgehead atoms. The highest BCUT2D eigenvalue weighted by atomic mass is 31.2. The van der Waals surface area contributed by atoms with Gasteiger partial charge < -0.3 is 29.5 Å². The number of rotatable bonds is 20. The van der Waals surface area contributed by atoms with Crippen LogP contribution in [0.2, 0.25) is 0 Å². The number of esters is 2. The standard InChI is InChI=1S/C44H56N3O9P/c1-8-36(37-18-23-41(47(27-30(2)3)28-31(4)5)40(25-37)46-44(50)45-38-19-14-32(6)15-20-38)26-43(49)55-33(7)54-42(48)24-34-16-21-39(22-17-34)56-57(51,52)53-29-35-12-10-9-11-13-35/h9-23,25,30-31,33,36H,8,24,26-29H2,1-7H3,(H,51,52)(H2,45,46,50)/t33-,36?/m1/s1. The van der Waals surface area contributed by atoms with E-state index in [2.05, 4.69) is 43.2 Å². The number of hydrogen-bond acceptors (Lipinski definition) is 9. The highest BCUT2D eigenvalue weighted by Crippen LogP contribution is 2.44. The fraction of sp³-hybridized carbons (Fsp3) is 0.386. The number of nitrogens with one attached hydrogen (secondary N) is 2. The Bertz CT molecular complexity index is 1940. The molecular formula is C44H56N3O9P. The number of benzene rings is 4. The molecule has 4 aromatic rings. The molecule has 0 fully saturated rings. The highest BCUT2D eigenvalue weighted by Gasteiger charge is 2.25. The van der Waals surface area contributed by atoms with Crippen LogP contribution in [0.5, 0.6) is 5.75 Å². The van der Waals surface area contributed by atoms with Gasteiger partial charge in [-0.15, -0.1) is 0 Å². The van der Waals surface area contributed by atoms with Crippen LogP contribution in [-0.4, -0.2) is 42.2 Å². The molecule has 4 rings (SSSR count). The lowest BCUT2D eigenvalue weighted by Gasteiger charge is -2.31. The van der Waals surface area contributed by atoms with Gasteiger partial charge in [0.25, 0.3) is 0 Å². The minimum atomic E-state index is -4.39. The first-order chi connectivity index (χ1) is 27.1. The number of carbonyl (C=O) groups is 3. The summed E-state index contributed by atoms with van der Waals surface area (Å²) in [5, 5.41) is 5.99. The number of urea groups is 1. The molecule has 0 aliphatic heterocycles. The number of phosphoric acid groups is 1. The second-order valence-electron chi connectivity index (χ2n) is 14.9. The van der Waals surface area contributed by atoms with Gasteiger partial charge in [-0.3, -0.25) is 19.0 Å². The Morgan fingerprint density at radius 1 is 0.772 bits per heavy atom. The molecule has 2 amide bonds. The van der Waals surface area contributed by atoms with Gasteiger partial charge in [0.1, 0.15) is 5.75 Å². The Kier molecular flexibility index (Phi) is 16.7. The number of hydrogen-bond donors (Lipinski definition) is 3. The fourth-order valence-corrected chi connectivity index (χ4v) is 6.92. The summed E-state index contributed by atoms with van der Waals surface area (Å²) in [6.07, 6.45) is -0.632. The average molecular weight is 802 g/mol. The molecule has 57 heavy (non-hydrogen) atoms. The van der Waals surface area contributed by atoms with Crippen molar-refractivity contribution in [3.05, 3.63) is 119 Å². The SMILES string of the molecule is CCC(CC(=O)O[C@H](C)OC(=O)Cc1ccc(OP(=O)(O)OCc2ccccc2)cc1)c1ccc(N(CC(C)C)CC(C)C)c(NC(=O)Nc2ccc(C)cc2)c1. The van der Waals surface area contributed by atoms with E-state index in [0.717, 1.165) is 29.9 Å². The monoisotopic (exact) mass is 801 g/mol. The van der Waals surface area contributed by atoms with Crippen molar-refractivity contribution >= 4 is 42.9 Å². The molecule has 0 spiro atoms.